The van der Waals surface area contributed by atoms with Crippen LogP contribution in [-0.2, 0) is 15.8 Å². The van der Waals surface area contributed by atoms with E-state index in [0.717, 1.165) is 31.3 Å². The molecule has 3 aromatic rings. The maximum atomic E-state index is 14.4. The number of benzene rings is 1. The highest BCUT2D eigenvalue weighted by Gasteiger charge is 2.37. The normalized spacial score (nSPS) is 10.9. The van der Waals surface area contributed by atoms with Gasteiger partial charge >= 0.3 is 6.18 Å². The van der Waals surface area contributed by atoms with E-state index in [1.165, 1.54) is 11.0 Å². The molecule has 2 amide bonds. The van der Waals surface area contributed by atoms with Crippen LogP contribution < -0.4 is 16.6 Å². The highest BCUT2D eigenvalue weighted by Crippen LogP contribution is 2.35. The molecule has 4 N–H and O–H groups in total. The lowest BCUT2D eigenvalue weighted by molar-refractivity contribution is -0.142. The number of phenols is 1. The second kappa shape index (κ2) is 13.6. The number of nitrogens with two attached hydrogens (primary N) is 1. The topological polar surface area (TPSA) is 147 Å². The largest absolute Gasteiger partial charge is 0.506 e. The molecule has 41 heavy (non-hydrogen) atoms. The molecule has 0 saturated carbocycles. The zero-order chi connectivity index (χ0) is 31.1. The highest BCUT2D eigenvalue weighted by atomic mass is 19.4. The molecule has 15 heteroatoms. The first-order valence-corrected chi connectivity index (χ1v) is 12.3. The van der Waals surface area contributed by atoms with E-state index in [2.05, 4.69) is 21.9 Å². The predicted molar refractivity (Wildman–Crippen MR) is 146 cm³/mol. The van der Waals surface area contributed by atoms with Gasteiger partial charge in [-0.1, -0.05) is 12.6 Å². The van der Waals surface area contributed by atoms with Crippen molar-refractivity contribution >= 4 is 34.5 Å². The molecule has 0 aliphatic rings. The average molecular weight is 582 g/mol. The summed E-state index contributed by atoms with van der Waals surface area (Å²) in [6, 6.07) is 3.33. The average Bonchev–Trinajstić information content (AvgIpc) is 2.90. The third kappa shape index (κ3) is 7.70. The van der Waals surface area contributed by atoms with E-state index in [1.54, 1.807) is 19.0 Å². The second-order valence-electron chi connectivity index (χ2n) is 8.65. The lowest BCUT2D eigenvalue weighted by Gasteiger charge is -2.18. The number of nitrogen functional groups attached to an aromatic ring is 1. The van der Waals surface area contributed by atoms with Gasteiger partial charge < -0.3 is 26.0 Å². The van der Waals surface area contributed by atoms with Crippen molar-refractivity contribution in [2.24, 2.45) is 0 Å². The fraction of sp³-hybridized carbons (Fsp3) is 0.346. The number of rotatable bonds is 8. The summed E-state index contributed by atoms with van der Waals surface area (Å²) in [4.78, 5) is 46.3. The number of likely N-dealkylation sites (N-methyl/N-ethyl adjacent to an activating group) is 1. The molecule has 3 rings (SSSR count). The molecule has 11 nitrogen and oxygen atoms in total. The number of carbonyl (C=O) groups excluding carboxylic acids is 2. The first-order chi connectivity index (χ1) is 19.2. The predicted octanol–water partition coefficient (Wildman–Crippen LogP) is 3.16. The summed E-state index contributed by atoms with van der Waals surface area (Å²) in [6.07, 6.45) is -3.71. The van der Waals surface area contributed by atoms with E-state index in [9.17, 15) is 37.1 Å². The number of halogens is 4. The van der Waals surface area contributed by atoms with Gasteiger partial charge in [0.1, 0.15) is 28.5 Å². The van der Waals surface area contributed by atoms with Crippen molar-refractivity contribution in [1.82, 2.24) is 24.3 Å². The molecule has 1 aromatic carbocycles. The van der Waals surface area contributed by atoms with E-state index >= 15 is 0 Å². The number of anilines is 2. The van der Waals surface area contributed by atoms with Gasteiger partial charge in [0, 0.05) is 40.2 Å². The Bertz CT molecular complexity index is 1470. The summed E-state index contributed by atoms with van der Waals surface area (Å²) in [5.74, 6) is -2.95. The maximum absolute atomic E-state index is 14.4. The first kappa shape index (κ1) is 32.5. The zero-order valence-electron chi connectivity index (χ0n) is 22.9. The number of pyridine rings is 1. The number of nitrogens with zero attached hydrogens (tertiary/aromatic N) is 5. The van der Waals surface area contributed by atoms with E-state index in [1.807, 2.05) is 13.8 Å². The van der Waals surface area contributed by atoms with Gasteiger partial charge in [0.2, 0.25) is 17.8 Å². The van der Waals surface area contributed by atoms with Crippen LogP contribution in [0, 0.1) is 5.82 Å². The molecule has 0 atom stereocenters. The Morgan fingerprint density at radius 3 is 2.32 bits per heavy atom. The minimum absolute atomic E-state index is 0.00120. The maximum Gasteiger partial charge on any atom is 0.431 e. The Labute approximate surface area is 232 Å². The number of aromatic nitrogens is 3. The van der Waals surface area contributed by atoms with Gasteiger partial charge in [0.15, 0.2) is 5.82 Å². The molecule has 0 aliphatic heterocycles. The number of hydrogen-bond acceptors (Lipinski definition) is 8. The monoisotopic (exact) mass is 581 g/mol. The van der Waals surface area contributed by atoms with Gasteiger partial charge in [-0.25, -0.2) is 9.37 Å². The van der Waals surface area contributed by atoms with Crippen molar-refractivity contribution in [3.63, 3.8) is 0 Å². The first-order valence-electron chi connectivity index (χ1n) is 12.3. The molecule has 0 saturated heterocycles. The molecule has 222 valence electrons. The summed E-state index contributed by atoms with van der Waals surface area (Å²) in [7, 11) is 3.12. The third-order valence-electron chi connectivity index (χ3n) is 5.75. The molecule has 0 fully saturated rings. The quantitative estimate of drug-likeness (QED) is 0.272. The van der Waals surface area contributed by atoms with Gasteiger partial charge in [-0.05, 0) is 38.1 Å². The Morgan fingerprint density at radius 2 is 1.83 bits per heavy atom. The minimum atomic E-state index is -5.10. The van der Waals surface area contributed by atoms with E-state index < -0.39 is 51.4 Å². The van der Waals surface area contributed by atoms with Gasteiger partial charge in [-0.3, -0.25) is 19.0 Å². The Morgan fingerprint density at radius 1 is 1.20 bits per heavy atom. The Kier molecular flexibility index (Phi) is 10.8. The number of aromatic hydroxyl groups is 1. The van der Waals surface area contributed by atoms with Crippen molar-refractivity contribution in [3.8, 4) is 11.4 Å². The van der Waals surface area contributed by atoms with Crippen molar-refractivity contribution in [3.05, 3.63) is 58.8 Å². The van der Waals surface area contributed by atoms with Crippen LogP contribution in [0.3, 0.4) is 0 Å². The minimum Gasteiger partial charge on any atom is -0.506 e. The van der Waals surface area contributed by atoms with Gasteiger partial charge in [-0.2, -0.15) is 18.2 Å². The molecule has 0 bridgehead atoms. The standard InChI is InChI=1S/C19H18F4N6O3.C7H13NO/c1-28(2)13(31)6-7-25-18-26-14-9(16(24)27-18)8-12(19(21,22)23)29(17(14)32)15-10(20)4-3-5-11(15)30;1-4-7(9)8(5-2)6-3/h3-5,8,30H,6-7H2,1-2H3,(H3,24,25,26,27);4H,1,5-6H2,2-3H3. The summed E-state index contributed by atoms with van der Waals surface area (Å²) >= 11 is 0. The fourth-order valence-corrected chi connectivity index (χ4v) is 3.61. The van der Waals surface area contributed by atoms with Crippen LogP contribution in [0.15, 0.2) is 41.7 Å². The summed E-state index contributed by atoms with van der Waals surface area (Å²) < 4.78 is 55.5. The zero-order valence-corrected chi connectivity index (χ0v) is 22.9. The number of hydrogen-bond donors (Lipinski definition) is 3. The number of phenolic OH excluding ortho intramolecular Hbond substituents is 1. The number of para-hydroxylation sites is 1. The second-order valence-corrected chi connectivity index (χ2v) is 8.65. The van der Waals surface area contributed by atoms with Gasteiger partial charge in [-0.15, -0.1) is 0 Å². The number of carbonyl (C=O) groups is 2. The van der Waals surface area contributed by atoms with Crippen LogP contribution >= 0.6 is 0 Å². The molecule has 2 aromatic heterocycles. The highest BCUT2D eigenvalue weighted by molar-refractivity contribution is 5.89. The van der Waals surface area contributed by atoms with Crippen LogP contribution in [0.5, 0.6) is 5.75 Å². The molecule has 0 unspecified atom stereocenters. The van der Waals surface area contributed by atoms with Crippen molar-refractivity contribution in [2.75, 3.05) is 44.8 Å². The third-order valence-corrected chi connectivity index (χ3v) is 5.75. The fourth-order valence-electron chi connectivity index (χ4n) is 3.61. The summed E-state index contributed by atoms with van der Waals surface area (Å²) in [6.45, 7) is 8.88. The molecule has 2 heterocycles. The lowest BCUT2D eigenvalue weighted by atomic mass is 10.2. The summed E-state index contributed by atoms with van der Waals surface area (Å²) in [5, 5.41) is 12.3. The number of nitrogens with one attached hydrogen (secondary N) is 1. The Hall–Kier alpha value is -4.69. The summed E-state index contributed by atoms with van der Waals surface area (Å²) in [5.41, 5.74) is 1.32. The van der Waals surface area contributed by atoms with E-state index in [4.69, 9.17) is 5.73 Å². The number of amides is 2. The van der Waals surface area contributed by atoms with E-state index in [0.29, 0.717) is 6.07 Å². The van der Waals surface area contributed by atoms with Crippen LogP contribution in [0.2, 0.25) is 0 Å². The van der Waals surface area contributed by atoms with Crippen LogP contribution in [0.25, 0.3) is 16.6 Å². The Balaban J connectivity index is 0.000000564. The lowest BCUT2D eigenvalue weighted by Crippen LogP contribution is -2.29. The smallest absolute Gasteiger partial charge is 0.431 e. The van der Waals surface area contributed by atoms with Crippen molar-refractivity contribution < 1.29 is 32.3 Å². The van der Waals surface area contributed by atoms with Crippen molar-refractivity contribution in [1.29, 1.82) is 0 Å². The molecule has 0 spiro atoms. The van der Waals surface area contributed by atoms with Crippen molar-refractivity contribution in [2.45, 2.75) is 26.4 Å². The van der Waals surface area contributed by atoms with Crippen LogP contribution in [0.1, 0.15) is 26.0 Å². The van der Waals surface area contributed by atoms with Gasteiger partial charge in [0.25, 0.3) is 5.56 Å². The SMILES string of the molecule is C=CC(=O)N(CC)CC.CN(C)C(=O)CCNc1nc(N)c2cc(C(F)(F)F)n(-c3c(O)cccc3F)c(=O)c2n1. The van der Waals surface area contributed by atoms with Crippen LogP contribution in [0.4, 0.5) is 29.3 Å². The van der Waals surface area contributed by atoms with Crippen LogP contribution in [-0.4, -0.2) is 75.0 Å². The molecule has 0 aliphatic carbocycles. The number of alkyl halides is 3. The molecular weight excluding hydrogens is 550 g/mol. The molecular formula is C26H31F4N7O4. The number of fused-ring (bicyclic) bond motifs is 1. The van der Waals surface area contributed by atoms with E-state index in [-0.39, 0.29) is 35.3 Å². The molecule has 0 radical (unpaired) electrons. The van der Waals surface area contributed by atoms with Gasteiger partial charge in [0.05, 0.1) is 5.39 Å².